The summed E-state index contributed by atoms with van der Waals surface area (Å²) in [7, 11) is 1.73. The smallest absolute Gasteiger partial charge is 0.321 e. The van der Waals surface area contributed by atoms with Crippen molar-refractivity contribution < 1.29 is 14.1 Å². The average molecular weight is 462 g/mol. The van der Waals surface area contributed by atoms with Crippen LogP contribution in [-0.2, 0) is 6.42 Å². The fourth-order valence-electron chi connectivity index (χ4n) is 4.06. The summed E-state index contributed by atoms with van der Waals surface area (Å²) >= 11 is 0. The molecule has 0 saturated heterocycles. The number of carbonyl (C=O) groups is 2. The molecule has 8 nitrogen and oxygen atoms in total. The molecule has 0 aliphatic heterocycles. The molecular formula is C26H31N5O3. The summed E-state index contributed by atoms with van der Waals surface area (Å²) < 4.78 is 5.39. The highest BCUT2D eigenvalue weighted by atomic mass is 16.5. The van der Waals surface area contributed by atoms with E-state index >= 15 is 0 Å². The summed E-state index contributed by atoms with van der Waals surface area (Å²) in [6.07, 6.45) is 6.18. The van der Waals surface area contributed by atoms with Crippen LogP contribution in [0.15, 0.2) is 53.1 Å². The molecule has 0 spiro atoms. The van der Waals surface area contributed by atoms with E-state index in [2.05, 4.69) is 20.8 Å². The second kappa shape index (κ2) is 11.0. The molecule has 1 fully saturated rings. The van der Waals surface area contributed by atoms with Gasteiger partial charge in [-0.05, 0) is 61.7 Å². The number of nitrogens with one attached hydrogen (secondary N) is 2. The Bertz CT molecular complexity index is 1120. The molecule has 34 heavy (non-hydrogen) atoms. The van der Waals surface area contributed by atoms with Crippen LogP contribution in [0.25, 0.3) is 11.5 Å². The molecule has 178 valence electrons. The van der Waals surface area contributed by atoms with Gasteiger partial charge in [-0.1, -0.05) is 36.6 Å². The van der Waals surface area contributed by atoms with Gasteiger partial charge >= 0.3 is 6.03 Å². The predicted octanol–water partition coefficient (Wildman–Crippen LogP) is 4.81. The van der Waals surface area contributed by atoms with Gasteiger partial charge < -0.3 is 20.1 Å². The minimum atomic E-state index is -0.198. The van der Waals surface area contributed by atoms with Crippen LogP contribution >= 0.6 is 0 Å². The number of benzene rings is 2. The Balaban J connectivity index is 1.28. The Morgan fingerprint density at radius 3 is 2.59 bits per heavy atom. The molecule has 3 amide bonds. The van der Waals surface area contributed by atoms with E-state index in [1.54, 1.807) is 24.1 Å². The maximum Gasteiger partial charge on any atom is 0.321 e. The fourth-order valence-corrected chi connectivity index (χ4v) is 4.06. The van der Waals surface area contributed by atoms with Crippen LogP contribution in [0.5, 0.6) is 0 Å². The zero-order valence-electron chi connectivity index (χ0n) is 19.7. The number of anilines is 1. The number of rotatable bonds is 7. The maximum atomic E-state index is 12.5. The van der Waals surface area contributed by atoms with Crippen LogP contribution in [0.3, 0.4) is 0 Å². The number of carbonyl (C=O) groups excluding carboxylic acids is 2. The molecule has 0 radical (unpaired) electrons. The summed E-state index contributed by atoms with van der Waals surface area (Å²) in [5.74, 6) is 0.863. The predicted molar refractivity (Wildman–Crippen MR) is 131 cm³/mol. The SMILES string of the molecule is Cc1cccc(NC(=O)N(C)CCc2noc(-c3ccc(C(=O)NC4CCCCC4)cc3)n2)c1. The molecule has 0 bridgehead atoms. The Kier molecular flexibility index (Phi) is 7.57. The largest absolute Gasteiger partial charge is 0.349 e. The lowest BCUT2D eigenvalue weighted by Gasteiger charge is -2.22. The lowest BCUT2D eigenvalue weighted by molar-refractivity contribution is 0.0927. The zero-order valence-corrected chi connectivity index (χ0v) is 19.7. The summed E-state index contributed by atoms with van der Waals surface area (Å²) in [5, 5.41) is 10.0. The topological polar surface area (TPSA) is 100 Å². The van der Waals surface area contributed by atoms with Crippen LogP contribution in [0.2, 0.25) is 0 Å². The first-order chi connectivity index (χ1) is 16.5. The van der Waals surface area contributed by atoms with Crippen molar-refractivity contribution in [2.75, 3.05) is 18.9 Å². The van der Waals surface area contributed by atoms with Crippen molar-refractivity contribution >= 4 is 17.6 Å². The zero-order chi connectivity index (χ0) is 23.9. The maximum absolute atomic E-state index is 12.5. The minimum absolute atomic E-state index is 0.0448. The van der Waals surface area contributed by atoms with E-state index in [4.69, 9.17) is 4.52 Å². The number of likely N-dealkylation sites (N-methyl/N-ethyl adjacent to an activating group) is 1. The standard InChI is InChI=1S/C26H31N5O3/c1-18-7-6-10-22(17-18)28-26(33)31(2)16-15-23-29-25(34-30-23)20-13-11-19(12-14-20)24(32)27-21-8-4-3-5-9-21/h6-7,10-14,17,21H,3-5,8-9,15-16H2,1-2H3,(H,27,32)(H,28,33). The summed E-state index contributed by atoms with van der Waals surface area (Å²) in [6, 6.07) is 14.9. The Morgan fingerprint density at radius 2 is 1.85 bits per heavy atom. The molecule has 2 N–H and O–H groups in total. The monoisotopic (exact) mass is 461 g/mol. The van der Waals surface area contributed by atoms with E-state index < -0.39 is 0 Å². The normalized spacial score (nSPS) is 13.9. The summed E-state index contributed by atoms with van der Waals surface area (Å²) in [5.41, 5.74) is 3.21. The van der Waals surface area contributed by atoms with Gasteiger partial charge in [0.2, 0.25) is 0 Å². The summed E-state index contributed by atoms with van der Waals surface area (Å²) in [6.45, 7) is 2.42. The highest BCUT2D eigenvalue weighted by molar-refractivity contribution is 5.94. The van der Waals surface area contributed by atoms with E-state index in [1.165, 1.54) is 19.3 Å². The number of amides is 3. The highest BCUT2D eigenvalue weighted by Crippen LogP contribution is 2.20. The lowest BCUT2D eigenvalue weighted by atomic mass is 9.95. The van der Waals surface area contributed by atoms with Crippen molar-refractivity contribution in [2.24, 2.45) is 0 Å². The third-order valence-electron chi connectivity index (χ3n) is 6.09. The van der Waals surface area contributed by atoms with Gasteiger partial charge in [0.15, 0.2) is 5.82 Å². The van der Waals surface area contributed by atoms with Gasteiger partial charge in [0.1, 0.15) is 0 Å². The van der Waals surface area contributed by atoms with Gasteiger partial charge in [-0.2, -0.15) is 4.98 Å². The van der Waals surface area contributed by atoms with Crippen molar-refractivity contribution in [1.29, 1.82) is 0 Å². The van der Waals surface area contributed by atoms with Crippen LogP contribution in [-0.4, -0.2) is 46.6 Å². The van der Waals surface area contributed by atoms with E-state index in [0.29, 0.717) is 30.2 Å². The van der Waals surface area contributed by atoms with Gasteiger partial charge in [0, 0.05) is 42.9 Å². The molecular weight excluding hydrogens is 430 g/mol. The van der Waals surface area contributed by atoms with Crippen molar-refractivity contribution in [3.8, 4) is 11.5 Å². The fraction of sp³-hybridized carbons (Fsp3) is 0.385. The number of nitrogens with zero attached hydrogens (tertiary/aromatic N) is 3. The second-order valence-corrected chi connectivity index (χ2v) is 8.87. The number of urea groups is 1. The van der Waals surface area contributed by atoms with Crippen molar-refractivity contribution in [2.45, 2.75) is 51.5 Å². The van der Waals surface area contributed by atoms with E-state index in [1.807, 2.05) is 43.3 Å². The first-order valence-corrected chi connectivity index (χ1v) is 11.8. The van der Waals surface area contributed by atoms with Gasteiger partial charge in [0.25, 0.3) is 11.8 Å². The molecule has 0 atom stereocenters. The average Bonchev–Trinajstić information content (AvgIpc) is 3.32. The Morgan fingerprint density at radius 1 is 1.09 bits per heavy atom. The second-order valence-electron chi connectivity index (χ2n) is 8.87. The molecule has 1 aromatic heterocycles. The number of aryl methyl sites for hydroxylation is 1. The van der Waals surface area contributed by atoms with Crippen LogP contribution < -0.4 is 10.6 Å². The Labute approximate surface area is 199 Å². The van der Waals surface area contributed by atoms with Gasteiger partial charge in [-0.25, -0.2) is 4.79 Å². The van der Waals surface area contributed by atoms with Crippen molar-refractivity contribution in [1.82, 2.24) is 20.4 Å². The number of hydrogen-bond acceptors (Lipinski definition) is 5. The third-order valence-corrected chi connectivity index (χ3v) is 6.09. The summed E-state index contributed by atoms with van der Waals surface area (Å²) in [4.78, 5) is 30.9. The van der Waals surface area contributed by atoms with E-state index in [9.17, 15) is 9.59 Å². The molecule has 1 heterocycles. The molecule has 1 aliphatic rings. The highest BCUT2D eigenvalue weighted by Gasteiger charge is 2.17. The molecule has 8 heteroatoms. The minimum Gasteiger partial charge on any atom is -0.349 e. The van der Waals surface area contributed by atoms with Gasteiger partial charge in [0.05, 0.1) is 0 Å². The first-order valence-electron chi connectivity index (χ1n) is 11.8. The molecule has 3 aromatic rings. The number of aromatic nitrogens is 2. The van der Waals surface area contributed by atoms with Gasteiger partial charge in [-0.3, -0.25) is 4.79 Å². The van der Waals surface area contributed by atoms with E-state index in [-0.39, 0.29) is 18.0 Å². The molecule has 1 saturated carbocycles. The van der Waals surface area contributed by atoms with Crippen LogP contribution in [0.1, 0.15) is 53.8 Å². The van der Waals surface area contributed by atoms with Crippen LogP contribution in [0, 0.1) is 6.92 Å². The Hall–Kier alpha value is -3.68. The molecule has 1 aliphatic carbocycles. The lowest BCUT2D eigenvalue weighted by Crippen LogP contribution is -2.36. The van der Waals surface area contributed by atoms with Crippen molar-refractivity contribution in [3.05, 3.63) is 65.5 Å². The quantitative estimate of drug-likeness (QED) is 0.526. The molecule has 2 aromatic carbocycles. The van der Waals surface area contributed by atoms with Gasteiger partial charge in [-0.15, -0.1) is 0 Å². The van der Waals surface area contributed by atoms with E-state index in [0.717, 1.165) is 29.7 Å². The van der Waals surface area contributed by atoms with Crippen LogP contribution in [0.4, 0.5) is 10.5 Å². The molecule has 4 rings (SSSR count). The van der Waals surface area contributed by atoms with Crippen molar-refractivity contribution in [3.63, 3.8) is 0 Å². The molecule has 0 unspecified atom stereocenters. The number of hydrogen-bond donors (Lipinski definition) is 2. The third kappa shape index (κ3) is 6.21. The first kappa shape index (κ1) is 23.5.